The number of carbonyl (C=O) groups excluding carboxylic acids is 1. The number of methoxy groups -OCH3 is 1. The zero-order valence-electron chi connectivity index (χ0n) is 14.5. The number of carbonyl (C=O) groups is 1. The van der Waals surface area contributed by atoms with Crippen molar-refractivity contribution in [1.82, 2.24) is 10.2 Å². The van der Waals surface area contributed by atoms with Crippen LogP contribution in [0.1, 0.15) is 32.8 Å². The fourth-order valence-electron chi connectivity index (χ4n) is 3.14. The Morgan fingerprint density at radius 2 is 2.09 bits per heavy atom. The molecule has 1 aliphatic heterocycles. The van der Waals surface area contributed by atoms with Crippen molar-refractivity contribution in [3.8, 4) is 5.75 Å². The lowest BCUT2D eigenvalue weighted by Crippen LogP contribution is -2.57. The first-order valence-electron chi connectivity index (χ1n) is 8.17. The highest BCUT2D eigenvalue weighted by atomic mass is 35.5. The zero-order valence-corrected chi connectivity index (χ0v) is 15.4. The van der Waals surface area contributed by atoms with E-state index in [1.807, 2.05) is 23.1 Å². The summed E-state index contributed by atoms with van der Waals surface area (Å²) in [6.07, 6.45) is 1.46. The minimum absolute atomic E-state index is 0. The van der Waals surface area contributed by atoms with Gasteiger partial charge in [0.05, 0.1) is 7.11 Å². The van der Waals surface area contributed by atoms with E-state index < -0.39 is 0 Å². The van der Waals surface area contributed by atoms with Gasteiger partial charge in [0.15, 0.2) is 0 Å². The molecular formula is C18H29ClN2O2. The van der Waals surface area contributed by atoms with Crippen molar-refractivity contribution < 1.29 is 9.53 Å². The number of nitrogens with zero attached hydrogens (tertiary/aromatic N) is 1. The number of rotatable bonds is 5. The number of hydrogen-bond donors (Lipinski definition) is 1. The van der Waals surface area contributed by atoms with Crippen LogP contribution in [0.2, 0.25) is 0 Å². The van der Waals surface area contributed by atoms with Crippen LogP contribution >= 0.6 is 12.4 Å². The van der Waals surface area contributed by atoms with Crippen LogP contribution in [0.3, 0.4) is 0 Å². The smallest absolute Gasteiger partial charge is 0.223 e. The van der Waals surface area contributed by atoms with Crippen LogP contribution in [0.15, 0.2) is 24.3 Å². The fraction of sp³-hybridized carbons (Fsp3) is 0.611. The summed E-state index contributed by atoms with van der Waals surface area (Å²) in [5, 5.41) is 3.41. The number of amides is 1. The molecule has 3 atom stereocenters. The molecule has 0 radical (unpaired) electrons. The highest BCUT2D eigenvalue weighted by Gasteiger charge is 2.28. The maximum absolute atomic E-state index is 12.6. The lowest BCUT2D eigenvalue weighted by molar-refractivity contribution is -0.135. The summed E-state index contributed by atoms with van der Waals surface area (Å²) in [6, 6.07) is 8.68. The molecule has 1 amide bonds. The zero-order chi connectivity index (χ0) is 16.1. The van der Waals surface area contributed by atoms with Crippen molar-refractivity contribution in [2.75, 3.05) is 20.2 Å². The second-order valence-corrected chi connectivity index (χ2v) is 6.40. The van der Waals surface area contributed by atoms with Gasteiger partial charge >= 0.3 is 0 Å². The normalized spacial score (nSPS) is 22.2. The number of piperazine rings is 1. The van der Waals surface area contributed by atoms with Gasteiger partial charge in [-0.05, 0) is 37.8 Å². The first-order chi connectivity index (χ1) is 10.5. The molecule has 1 aromatic carbocycles. The standard InChI is InChI=1S/C18H28N2O2.ClH/c1-13(11-16-7-5-6-8-17(16)22-4)12-18(21)20-10-9-19-14(2)15(20)3;/h5-8,13-15,19H,9-12H2,1-4H3;1H. The Labute approximate surface area is 146 Å². The van der Waals surface area contributed by atoms with E-state index in [0.717, 1.165) is 25.3 Å². The largest absolute Gasteiger partial charge is 0.496 e. The van der Waals surface area contributed by atoms with Crippen LogP contribution in [0.4, 0.5) is 0 Å². The average Bonchev–Trinajstić information content (AvgIpc) is 2.50. The molecule has 1 saturated heterocycles. The number of nitrogens with one attached hydrogen (secondary N) is 1. The lowest BCUT2D eigenvalue weighted by atomic mass is 9.96. The minimum atomic E-state index is 0. The second kappa shape index (κ2) is 9.14. The van der Waals surface area contributed by atoms with Gasteiger partial charge in [0, 0.05) is 31.6 Å². The summed E-state index contributed by atoms with van der Waals surface area (Å²) in [5.41, 5.74) is 1.17. The van der Waals surface area contributed by atoms with Crippen LogP contribution in [-0.2, 0) is 11.2 Å². The third-order valence-corrected chi connectivity index (χ3v) is 4.64. The van der Waals surface area contributed by atoms with Crippen molar-refractivity contribution in [3.05, 3.63) is 29.8 Å². The Hall–Kier alpha value is -1.26. The molecule has 1 fully saturated rings. The van der Waals surface area contributed by atoms with Crippen molar-refractivity contribution in [2.45, 2.75) is 45.7 Å². The molecule has 23 heavy (non-hydrogen) atoms. The summed E-state index contributed by atoms with van der Waals surface area (Å²) in [5.74, 6) is 1.48. The van der Waals surface area contributed by atoms with E-state index in [4.69, 9.17) is 4.74 Å². The van der Waals surface area contributed by atoms with Gasteiger partial charge in [-0.3, -0.25) is 4.79 Å². The molecule has 2 rings (SSSR count). The van der Waals surface area contributed by atoms with Gasteiger partial charge in [-0.15, -0.1) is 12.4 Å². The first kappa shape index (κ1) is 19.8. The molecular weight excluding hydrogens is 312 g/mol. The minimum Gasteiger partial charge on any atom is -0.496 e. The third-order valence-electron chi connectivity index (χ3n) is 4.64. The molecule has 0 aromatic heterocycles. The van der Waals surface area contributed by atoms with Crippen LogP contribution in [0, 0.1) is 5.92 Å². The number of benzene rings is 1. The molecule has 0 aliphatic carbocycles. The molecule has 4 nitrogen and oxygen atoms in total. The van der Waals surface area contributed by atoms with Crippen molar-refractivity contribution >= 4 is 18.3 Å². The topological polar surface area (TPSA) is 41.6 Å². The molecule has 0 bridgehead atoms. The van der Waals surface area contributed by atoms with Gasteiger partial charge < -0.3 is 15.0 Å². The van der Waals surface area contributed by atoms with Gasteiger partial charge in [-0.1, -0.05) is 25.1 Å². The molecule has 1 aliphatic rings. The summed E-state index contributed by atoms with van der Waals surface area (Å²) in [6.45, 7) is 8.10. The van der Waals surface area contributed by atoms with Crippen LogP contribution < -0.4 is 10.1 Å². The highest BCUT2D eigenvalue weighted by Crippen LogP contribution is 2.23. The van der Waals surface area contributed by atoms with Gasteiger partial charge in [0.2, 0.25) is 5.91 Å². The number of para-hydroxylation sites is 1. The second-order valence-electron chi connectivity index (χ2n) is 6.40. The number of hydrogen-bond acceptors (Lipinski definition) is 3. The summed E-state index contributed by atoms with van der Waals surface area (Å²) in [4.78, 5) is 14.6. The van der Waals surface area contributed by atoms with Crippen molar-refractivity contribution in [1.29, 1.82) is 0 Å². The van der Waals surface area contributed by atoms with E-state index in [0.29, 0.717) is 18.4 Å². The van der Waals surface area contributed by atoms with Gasteiger partial charge in [0.25, 0.3) is 0 Å². The maximum Gasteiger partial charge on any atom is 0.223 e. The van der Waals surface area contributed by atoms with E-state index >= 15 is 0 Å². The summed E-state index contributed by atoms with van der Waals surface area (Å²) < 4.78 is 5.40. The predicted molar refractivity (Wildman–Crippen MR) is 96.4 cm³/mol. The number of ether oxygens (including phenoxy) is 1. The monoisotopic (exact) mass is 340 g/mol. The Morgan fingerprint density at radius 3 is 2.78 bits per heavy atom. The van der Waals surface area contributed by atoms with Gasteiger partial charge in [-0.2, -0.15) is 0 Å². The first-order valence-corrected chi connectivity index (χ1v) is 8.17. The fourth-order valence-corrected chi connectivity index (χ4v) is 3.14. The van der Waals surface area contributed by atoms with E-state index in [1.54, 1.807) is 7.11 Å². The van der Waals surface area contributed by atoms with Crippen LogP contribution in [0.5, 0.6) is 5.75 Å². The Balaban J connectivity index is 0.00000264. The van der Waals surface area contributed by atoms with Gasteiger partial charge in [0.1, 0.15) is 5.75 Å². The molecule has 1 heterocycles. The van der Waals surface area contributed by atoms with E-state index in [2.05, 4.69) is 32.2 Å². The summed E-state index contributed by atoms with van der Waals surface area (Å²) >= 11 is 0. The molecule has 1 aromatic rings. The molecule has 3 unspecified atom stereocenters. The Morgan fingerprint density at radius 1 is 1.39 bits per heavy atom. The average molecular weight is 341 g/mol. The quantitative estimate of drug-likeness (QED) is 0.896. The predicted octanol–water partition coefficient (Wildman–Crippen LogP) is 2.89. The highest BCUT2D eigenvalue weighted by molar-refractivity contribution is 5.85. The van der Waals surface area contributed by atoms with Crippen molar-refractivity contribution in [2.24, 2.45) is 5.92 Å². The van der Waals surface area contributed by atoms with E-state index in [-0.39, 0.29) is 24.4 Å². The van der Waals surface area contributed by atoms with Crippen LogP contribution in [-0.4, -0.2) is 43.1 Å². The van der Waals surface area contributed by atoms with E-state index in [9.17, 15) is 4.79 Å². The van der Waals surface area contributed by atoms with E-state index in [1.165, 1.54) is 5.56 Å². The molecule has 5 heteroatoms. The van der Waals surface area contributed by atoms with Crippen LogP contribution in [0.25, 0.3) is 0 Å². The SMILES string of the molecule is COc1ccccc1CC(C)CC(=O)N1CCNC(C)C1C.Cl. The third kappa shape index (κ3) is 5.11. The summed E-state index contributed by atoms with van der Waals surface area (Å²) in [7, 11) is 1.69. The molecule has 130 valence electrons. The molecule has 1 N–H and O–H groups in total. The molecule has 0 spiro atoms. The lowest BCUT2D eigenvalue weighted by Gasteiger charge is -2.39. The van der Waals surface area contributed by atoms with Crippen molar-refractivity contribution in [3.63, 3.8) is 0 Å². The Bertz CT molecular complexity index is 510. The maximum atomic E-state index is 12.6. The Kier molecular flexibility index (Phi) is 7.86. The van der Waals surface area contributed by atoms with Gasteiger partial charge in [-0.25, -0.2) is 0 Å². The molecule has 0 saturated carbocycles. The number of halogens is 1.